The largest absolute Gasteiger partial charge is 0.344 e. The van der Waals surface area contributed by atoms with E-state index >= 15 is 0 Å². The fourth-order valence-corrected chi connectivity index (χ4v) is 1.54. The van der Waals surface area contributed by atoms with E-state index in [2.05, 4.69) is 21.2 Å². The van der Waals surface area contributed by atoms with Gasteiger partial charge in [0.15, 0.2) is 5.57 Å². The third-order valence-corrected chi connectivity index (χ3v) is 2.60. The average Bonchev–Trinajstić information content (AvgIpc) is 2.33. The Hall–Kier alpha value is -2.00. The van der Waals surface area contributed by atoms with E-state index in [4.69, 9.17) is 27.4 Å². The quantitative estimate of drug-likeness (QED) is 0.849. The van der Waals surface area contributed by atoms with Crippen LogP contribution in [0.25, 0.3) is 0 Å². The van der Waals surface area contributed by atoms with Crippen LogP contribution >= 0.6 is 27.5 Å². The lowest BCUT2D eigenvalue weighted by Gasteiger charge is -2.07. The third-order valence-electron chi connectivity index (χ3n) is 1.77. The standard InChI is InChI=1S/C11H4BrClN4/c12-8-1-2-9(13)10(3-8)17-11(6-16)7(4-14)5-15/h1-3,17H. The monoisotopic (exact) mass is 306 g/mol. The number of hydrogen-bond donors (Lipinski definition) is 1. The van der Waals surface area contributed by atoms with Gasteiger partial charge in [-0.05, 0) is 18.2 Å². The molecule has 17 heavy (non-hydrogen) atoms. The van der Waals surface area contributed by atoms with E-state index in [1.807, 2.05) is 0 Å². The minimum atomic E-state index is -0.288. The van der Waals surface area contributed by atoms with E-state index in [0.717, 1.165) is 4.47 Å². The van der Waals surface area contributed by atoms with E-state index in [0.29, 0.717) is 10.7 Å². The minimum Gasteiger partial charge on any atom is -0.344 e. The molecular weight excluding hydrogens is 304 g/mol. The number of rotatable bonds is 2. The number of anilines is 1. The van der Waals surface area contributed by atoms with Crippen molar-refractivity contribution in [1.82, 2.24) is 0 Å². The van der Waals surface area contributed by atoms with Gasteiger partial charge in [0.1, 0.15) is 23.9 Å². The van der Waals surface area contributed by atoms with Crippen LogP contribution in [-0.2, 0) is 0 Å². The van der Waals surface area contributed by atoms with Crippen LogP contribution in [0.2, 0.25) is 5.02 Å². The zero-order chi connectivity index (χ0) is 12.8. The van der Waals surface area contributed by atoms with E-state index < -0.39 is 0 Å². The van der Waals surface area contributed by atoms with Gasteiger partial charge in [-0.1, -0.05) is 27.5 Å². The van der Waals surface area contributed by atoms with Crippen molar-refractivity contribution in [2.45, 2.75) is 0 Å². The minimum absolute atomic E-state index is 0.130. The maximum Gasteiger partial charge on any atom is 0.163 e. The highest BCUT2D eigenvalue weighted by atomic mass is 79.9. The van der Waals surface area contributed by atoms with Gasteiger partial charge in [-0.2, -0.15) is 15.8 Å². The first kappa shape index (κ1) is 13.1. The molecule has 0 spiro atoms. The van der Waals surface area contributed by atoms with E-state index in [1.54, 1.807) is 36.4 Å². The van der Waals surface area contributed by atoms with Crippen LogP contribution in [0.4, 0.5) is 5.69 Å². The van der Waals surface area contributed by atoms with Crippen LogP contribution < -0.4 is 5.32 Å². The predicted molar refractivity (Wildman–Crippen MR) is 66.6 cm³/mol. The van der Waals surface area contributed by atoms with Crippen LogP contribution in [0.5, 0.6) is 0 Å². The van der Waals surface area contributed by atoms with Gasteiger partial charge >= 0.3 is 0 Å². The van der Waals surface area contributed by atoms with Crippen molar-refractivity contribution in [2.24, 2.45) is 0 Å². The molecule has 0 saturated carbocycles. The Balaban J connectivity index is 3.20. The summed E-state index contributed by atoms with van der Waals surface area (Å²) in [5, 5.41) is 29.2. The molecule has 1 rings (SSSR count). The maximum atomic E-state index is 8.85. The van der Waals surface area contributed by atoms with Crippen LogP contribution in [0.1, 0.15) is 0 Å². The number of nitrogens with one attached hydrogen (secondary N) is 1. The topological polar surface area (TPSA) is 83.4 Å². The Kier molecular flexibility index (Phi) is 4.55. The molecule has 0 unspecified atom stereocenters. The zero-order valence-electron chi connectivity index (χ0n) is 8.33. The molecule has 0 atom stereocenters. The maximum absolute atomic E-state index is 8.85. The summed E-state index contributed by atoms with van der Waals surface area (Å²) in [5.41, 5.74) is 0.0270. The Bertz CT molecular complexity index is 585. The molecular formula is C11H4BrClN4. The fraction of sp³-hybridized carbons (Fsp3) is 0. The van der Waals surface area contributed by atoms with Crippen molar-refractivity contribution in [3.05, 3.63) is 39.0 Å². The number of allylic oxidation sites excluding steroid dienone is 2. The van der Waals surface area contributed by atoms with Crippen LogP contribution in [0.15, 0.2) is 33.9 Å². The van der Waals surface area contributed by atoms with Crippen molar-refractivity contribution >= 4 is 33.2 Å². The summed E-state index contributed by atoms with van der Waals surface area (Å²) in [7, 11) is 0. The molecule has 1 aromatic rings. The van der Waals surface area contributed by atoms with Gasteiger partial charge in [0.05, 0.1) is 10.7 Å². The summed E-state index contributed by atoms with van der Waals surface area (Å²) in [5.74, 6) is 0. The number of nitriles is 3. The molecule has 0 aliphatic heterocycles. The number of nitrogens with zero attached hydrogens (tertiary/aromatic N) is 3. The first-order valence-electron chi connectivity index (χ1n) is 4.29. The third kappa shape index (κ3) is 3.23. The van der Waals surface area contributed by atoms with E-state index in [-0.39, 0.29) is 11.3 Å². The Morgan fingerprint density at radius 2 is 1.82 bits per heavy atom. The highest BCUT2D eigenvalue weighted by Gasteiger charge is 2.08. The SMILES string of the molecule is N#CC(C#N)=C(C#N)Nc1cc(Br)ccc1Cl. The Morgan fingerprint density at radius 3 is 2.35 bits per heavy atom. The summed E-state index contributed by atoms with van der Waals surface area (Å²) >= 11 is 9.16. The molecule has 1 N–H and O–H groups in total. The molecule has 4 nitrogen and oxygen atoms in total. The highest BCUT2D eigenvalue weighted by molar-refractivity contribution is 9.10. The van der Waals surface area contributed by atoms with Crippen molar-refractivity contribution < 1.29 is 0 Å². The second-order valence-corrected chi connectivity index (χ2v) is 4.16. The molecule has 0 radical (unpaired) electrons. The second-order valence-electron chi connectivity index (χ2n) is 2.83. The normalized spacial score (nSPS) is 8.41. The molecule has 0 aromatic heterocycles. The summed E-state index contributed by atoms with van der Waals surface area (Å²) in [6, 6.07) is 10.0. The molecule has 0 bridgehead atoms. The van der Waals surface area contributed by atoms with Crippen molar-refractivity contribution in [3.63, 3.8) is 0 Å². The summed E-state index contributed by atoms with van der Waals surface area (Å²) in [4.78, 5) is 0. The zero-order valence-corrected chi connectivity index (χ0v) is 10.7. The van der Waals surface area contributed by atoms with Gasteiger partial charge in [0, 0.05) is 4.47 Å². The number of hydrogen-bond acceptors (Lipinski definition) is 4. The first-order valence-corrected chi connectivity index (χ1v) is 5.46. The fourth-order valence-electron chi connectivity index (χ4n) is 1.01. The molecule has 1 aromatic carbocycles. The lowest BCUT2D eigenvalue weighted by atomic mass is 10.2. The first-order chi connectivity index (χ1) is 8.12. The average molecular weight is 308 g/mol. The smallest absolute Gasteiger partial charge is 0.163 e. The van der Waals surface area contributed by atoms with Gasteiger partial charge < -0.3 is 5.32 Å². The van der Waals surface area contributed by atoms with Crippen LogP contribution in [0, 0.1) is 34.0 Å². The second kappa shape index (κ2) is 5.92. The number of halogens is 2. The predicted octanol–water partition coefficient (Wildman–Crippen LogP) is 3.34. The summed E-state index contributed by atoms with van der Waals surface area (Å²) < 4.78 is 0.761. The van der Waals surface area contributed by atoms with Gasteiger partial charge in [-0.15, -0.1) is 0 Å². The number of benzene rings is 1. The van der Waals surface area contributed by atoms with Gasteiger partial charge in [-0.25, -0.2) is 0 Å². The molecule has 0 fully saturated rings. The lowest BCUT2D eigenvalue weighted by Crippen LogP contribution is -2.01. The molecule has 0 aliphatic carbocycles. The molecule has 6 heteroatoms. The van der Waals surface area contributed by atoms with Crippen LogP contribution in [0.3, 0.4) is 0 Å². The Morgan fingerprint density at radius 1 is 1.18 bits per heavy atom. The van der Waals surface area contributed by atoms with Gasteiger partial charge in [0.25, 0.3) is 0 Å². The molecule has 0 heterocycles. The van der Waals surface area contributed by atoms with E-state index in [9.17, 15) is 0 Å². The summed E-state index contributed by atoms with van der Waals surface area (Å²) in [6.07, 6.45) is 0. The highest BCUT2D eigenvalue weighted by Crippen LogP contribution is 2.27. The van der Waals surface area contributed by atoms with Gasteiger partial charge in [-0.3, -0.25) is 0 Å². The molecule has 82 valence electrons. The molecule has 0 amide bonds. The van der Waals surface area contributed by atoms with Gasteiger partial charge in [0.2, 0.25) is 0 Å². The molecule has 0 aliphatic rings. The van der Waals surface area contributed by atoms with E-state index in [1.165, 1.54) is 0 Å². The van der Waals surface area contributed by atoms with Crippen LogP contribution in [-0.4, -0.2) is 0 Å². The van der Waals surface area contributed by atoms with Crippen molar-refractivity contribution in [2.75, 3.05) is 5.32 Å². The Labute approximate surface area is 111 Å². The lowest BCUT2D eigenvalue weighted by molar-refractivity contribution is 1.37. The van der Waals surface area contributed by atoms with Crippen molar-refractivity contribution in [1.29, 1.82) is 15.8 Å². The molecule has 0 saturated heterocycles. The van der Waals surface area contributed by atoms with Crippen molar-refractivity contribution in [3.8, 4) is 18.2 Å². The summed E-state index contributed by atoms with van der Waals surface area (Å²) in [6.45, 7) is 0.